The van der Waals surface area contributed by atoms with Crippen molar-refractivity contribution in [1.29, 1.82) is 0 Å². The Morgan fingerprint density at radius 3 is 2.71 bits per heavy atom. The fourth-order valence-electron chi connectivity index (χ4n) is 2.44. The first-order valence-electron chi connectivity index (χ1n) is 6.66. The maximum absolute atomic E-state index is 4.31. The van der Waals surface area contributed by atoms with Crippen LogP contribution in [0.15, 0.2) is 18.6 Å². The maximum Gasteiger partial charge on any atom is 0.131 e. The van der Waals surface area contributed by atoms with Gasteiger partial charge in [0.2, 0.25) is 0 Å². The van der Waals surface area contributed by atoms with E-state index in [1.807, 2.05) is 12.3 Å². The van der Waals surface area contributed by atoms with E-state index in [0.29, 0.717) is 6.04 Å². The quantitative estimate of drug-likeness (QED) is 0.853. The van der Waals surface area contributed by atoms with Crippen LogP contribution in [0.3, 0.4) is 0 Å². The predicted molar refractivity (Wildman–Crippen MR) is 68.0 cm³/mol. The number of hydrogen-bond acceptors (Lipinski definition) is 4. The van der Waals surface area contributed by atoms with Crippen LogP contribution >= 0.6 is 0 Å². The molecule has 1 N–H and O–H groups in total. The fraction of sp³-hybridized carbons (Fsp3) is 0.692. The zero-order valence-corrected chi connectivity index (χ0v) is 10.2. The van der Waals surface area contributed by atoms with Gasteiger partial charge >= 0.3 is 0 Å². The van der Waals surface area contributed by atoms with Gasteiger partial charge in [-0.15, -0.1) is 0 Å². The average molecular weight is 232 g/mol. The van der Waals surface area contributed by atoms with Gasteiger partial charge in [-0.25, -0.2) is 9.97 Å². The van der Waals surface area contributed by atoms with Crippen molar-refractivity contribution in [2.24, 2.45) is 5.92 Å². The van der Waals surface area contributed by atoms with Crippen LogP contribution in [0.25, 0.3) is 0 Å². The van der Waals surface area contributed by atoms with Crippen LogP contribution < -0.4 is 10.2 Å². The lowest BCUT2D eigenvalue weighted by atomic mass is 10.0. The van der Waals surface area contributed by atoms with E-state index in [9.17, 15) is 0 Å². The van der Waals surface area contributed by atoms with E-state index in [-0.39, 0.29) is 0 Å². The molecule has 0 unspecified atom stereocenters. The minimum atomic E-state index is 0.716. The van der Waals surface area contributed by atoms with Crippen LogP contribution in [0.2, 0.25) is 0 Å². The third-order valence-electron chi connectivity index (χ3n) is 3.78. The highest BCUT2D eigenvalue weighted by Crippen LogP contribution is 2.28. The molecule has 0 bridgehead atoms. The SMILES string of the molecule is c1cc(N2CCC(NCC3CC3)CC2)ncn1. The third-order valence-corrected chi connectivity index (χ3v) is 3.78. The number of anilines is 1. The molecule has 17 heavy (non-hydrogen) atoms. The van der Waals surface area contributed by atoms with Gasteiger partial charge in [0, 0.05) is 25.3 Å². The van der Waals surface area contributed by atoms with Crippen molar-refractivity contribution in [2.75, 3.05) is 24.5 Å². The molecular formula is C13H20N4. The van der Waals surface area contributed by atoms with Crippen molar-refractivity contribution >= 4 is 5.82 Å². The van der Waals surface area contributed by atoms with Gasteiger partial charge in [-0.2, -0.15) is 0 Å². The second-order valence-electron chi connectivity index (χ2n) is 5.18. The molecule has 1 aliphatic carbocycles. The van der Waals surface area contributed by atoms with Crippen molar-refractivity contribution in [3.63, 3.8) is 0 Å². The highest BCUT2D eigenvalue weighted by atomic mass is 15.2. The maximum atomic E-state index is 4.31. The molecule has 0 atom stereocenters. The molecule has 4 heteroatoms. The molecule has 0 aromatic carbocycles. The molecule has 1 saturated carbocycles. The first-order valence-corrected chi connectivity index (χ1v) is 6.66. The van der Waals surface area contributed by atoms with Gasteiger partial charge in [-0.3, -0.25) is 0 Å². The lowest BCUT2D eigenvalue weighted by molar-refractivity contribution is 0.407. The van der Waals surface area contributed by atoms with Gasteiger partial charge in [0.05, 0.1) is 0 Å². The molecule has 0 radical (unpaired) electrons. The second-order valence-corrected chi connectivity index (χ2v) is 5.18. The Balaban J connectivity index is 1.46. The van der Waals surface area contributed by atoms with Gasteiger partial charge in [0.15, 0.2) is 0 Å². The summed E-state index contributed by atoms with van der Waals surface area (Å²) in [5, 5.41) is 3.70. The molecular weight excluding hydrogens is 212 g/mol. The van der Waals surface area contributed by atoms with E-state index in [4.69, 9.17) is 0 Å². The molecule has 4 nitrogen and oxygen atoms in total. The van der Waals surface area contributed by atoms with Crippen molar-refractivity contribution in [3.8, 4) is 0 Å². The Labute approximate surface area is 102 Å². The molecule has 92 valence electrons. The molecule has 2 heterocycles. The first kappa shape index (κ1) is 11.0. The number of nitrogens with one attached hydrogen (secondary N) is 1. The van der Waals surface area contributed by atoms with Crippen LogP contribution in [0, 0.1) is 5.92 Å². The summed E-state index contributed by atoms with van der Waals surface area (Å²) >= 11 is 0. The number of nitrogens with zero attached hydrogens (tertiary/aromatic N) is 3. The minimum Gasteiger partial charge on any atom is -0.356 e. The Kier molecular flexibility index (Phi) is 3.22. The molecule has 1 aromatic rings. The number of rotatable bonds is 4. The summed E-state index contributed by atoms with van der Waals surface area (Å²) < 4.78 is 0. The Morgan fingerprint density at radius 2 is 2.06 bits per heavy atom. The fourth-order valence-corrected chi connectivity index (χ4v) is 2.44. The van der Waals surface area contributed by atoms with Gasteiger partial charge in [-0.1, -0.05) is 0 Å². The van der Waals surface area contributed by atoms with Crippen LogP contribution in [-0.4, -0.2) is 35.6 Å². The van der Waals surface area contributed by atoms with E-state index in [0.717, 1.165) is 24.8 Å². The standard InChI is InChI=1S/C13H20N4/c1-2-11(1)9-15-12-4-7-17(8-5-12)13-3-6-14-10-16-13/h3,6,10-12,15H,1-2,4-5,7-9H2. The van der Waals surface area contributed by atoms with Crippen LogP contribution in [0.4, 0.5) is 5.82 Å². The molecule has 1 saturated heterocycles. The smallest absolute Gasteiger partial charge is 0.131 e. The number of aromatic nitrogens is 2. The van der Waals surface area contributed by atoms with E-state index in [1.54, 1.807) is 6.33 Å². The molecule has 2 aliphatic rings. The monoisotopic (exact) mass is 232 g/mol. The summed E-state index contributed by atoms with van der Waals surface area (Å²) in [6.45, 7) is 3.46. The Morgan fingerprint density at radius 1 is 1.24 bits per heavy atom. The number of hydrogen-bond donors (Lipinski definition) is 1. The van der Waals surface area contributed by atoms with Crippen LogP contribution in [-0.2, 0) is 0 Å². The molecule has 1 aromatic heterocycles. The third kappa shape index (κ3) is 2.94. The van der Waals surface area contributed by atoms with E-state index in [2.05, 4.69) is 20.2 Å². The average Bonchev–Trinajstić information content (AvgIpc) is 3.22. The predicted octanol–water partition coefficient (Wildman–Crippen LogP) is 1.45. The van der Waals surface area contributed by atoms with Crippen molar-refractivity contribution in [1.82, 2.24) is 15.3 Å². The summed E-state index contributed by atoms with van der Waals surface area (Å²) in [6, 6.07) is 2.71. The lowest BCUT2D eigenvalue weighted by Crippen LogP contribution is -2.43. The van der Waals surface area contributed by atoms with E-state index in [1.165, 1.54) is 32.2 Å². The largest absolute Gasteiger partial charge is 0.356 e. The van der Waals surface area contributed by atoms with Crippen molar-refractivity contribution in [2.45, 2.75) is 31.7 Å². The van der Waals surface area contributed by atoms with Crippen molar-refractivity contribution < 1.29 is 0 Å². The summed E-state index contributed by atoms with van der Waals surface area (Å²) in [7, 11) is 0. The topological polar surface area (TPSA) is 41.0 Å². The molecule has 2 fully saturated rings. The zero-order chi connectivity index (χ0) is 11.5. The summed E-state index contributed by atoms with van der Waals surface area (Å²) in [4.78, 5) is 10.6. The summed E-state index contributed by atoms with van der Waals surface area (Å²) in [6.07, 6.45) is 8.79. The van der Waals surface area contributed by atoms with Gasteiger partial charge in [0.1, 0.15) is 12.1 Å². The Hall–Kier alpha value is -1.16. The van der Waals surface area contributed by atoms with Crippen LogP contribution in [0.1, 0.15) is 25.7 Å². The van der Waals surface area contributed by atoms with Gasteiger partial charge in [0.25, 0.3) is 0 Å². The summed E-state index contributed by atoms with van der Waals surface area (Å²) in [5.41, 5.74) is 0. The second kappa shape index (κ2) is 5.00. The Bertz CT molecular complexity index is 342. The van der Waals surface area contributed by atoms with E-state index < -0.39 is 0 Å². The zero-order valence-electron chi connectivity index (χ0n) is 10.2. The van der Waals surface area contributed by atoms with Crippen molar-refractivity contribution in [3.05, 3.63) is 18.6 Å². The normalized spacial score (nSPS) is 21.8. The lowest BCUT2D eigenvalue weighted by Gasteiger charge is -2.33. The van der Waals surface area contributed by atoms with E-state index >= 15 is 0 Å². The summed E-state index contributed by atoms with van der Waals surface area (Å²) in [5.74, 6) is 2.05. The molecule has 1 aliphatic heterocycles. The number of piperidine rings is 1. The molecule has 0 spiro atoms. The highest BCUT2D eigenvalue weighted by Gasteiger charge is 2.24. The van der Waals surface area contributed by atoms with Crippen LogP contribution in [0.5, 0.6) is 0 Å². The minimum absolute atomic E-state index is 0.716. The van der Waals surface area contributed by atoms with Gasteiger partial charge in [-0.05, 0) is 44.2 Å². The van der Waals surface area contributed by atoms with Gasteiger partial charge < -0.3 is 10.2 Å². The molecule has 3 rings (SSSR count). The molecule has 0 amide bonds. The highest BCUT2D eigenvalue weighted by molar-refractivity contribution is 5.36. The first-order chi connectivity index (χ1) is 8.42.